The second kappa shape index (κ2) is 6.38. The van der Waals surface area contributed by atoms with Crippen molar-refractivity contribution in [2.24, 2.45) is 0 Å². The molecule has 0 aromatic carbocycles. The van der Waals surface area contributed by atoms with Crippen LogP contribution in [0, 0.1) is 0 Å². The summed E-state index contributed by atoms with van der Waals surface area (Å²) < 4.78 is 62.2. The maximum absolute atomic E-state index is 11.5. The molecule has 0 aliphatic heterocycles. The molecule has 0 saturated heterocycles. The standard InChI is InChI=1S/C13H28O7S2Si/c1-12(2,3)23(6,7)18-10-11(19-21(4,14)15)13(8-9-13)20-22(5,16)17/h11H,8-10H2,1-7H3/t11-/m1/s1. The summed E-state index contributed by atoms with van der Waals surface area (Å²) in [6, 6.07) is 0. The third kappa shape index (κ3) is 6.43. The summed E-state index contributed by atoms with van der Waals surface area (Å²) in [5.74, 6) is 0. The lowest BCUT2D eigenvalue weighted by Gasteiger charge is -2.38. The molecular weight excluding hydrogens is 360 g/mol. The van der Waals surface area contributed by atoms with E-state index in [-0.39, 0.29) is 11.6 Å². The zero-order valence-corrected chi connectivity index (χ0v) is 17.5. The van der Waals surface area contributed by atoms with Crippen LogP contribution in [0.1, 0.15) is 33.6 Å². The molecule has 1 atom stereocenters. The SMILES string of the molecule is CC(C)(C)[Si](C)(C)OC[C@@H](OS(C)(=O)=O)C1(OS(C)(=O)=O)CC1. The van der Waals surface area contributed by atoms with Crippen molar-refractivity contribution in [3.05, 3.63) is 0 Å². The van der Waals surface area contributed by atoms with E-state index in [4.69, 9.17) is 12.8 Å². The van der Waals surface area contributed by atoms with Crippen LogP contribution >= 0.6 is 0 Å². The fourth-order valence-corrected chi connectivity index (χ4v) is 4.39. The average Bonchev–Trinajstić information content (AvgIpc) is 2.99. The summed E-state index contributed by atoms with van der Waals surface area (Å²) in [6.07, 6.45) is 1.74. The van der Waals surface area contributed by atoms with Gasteiger partial charge in [-0.2, -0.15) is 16.8 Å². The van der Waals surface area contributed by atoms with Gasteiger partial charge in [-0.25, -0.2) is 0 Å². The van der Waals surface area contributed by atoms with E-state index in [1.54, 1.807) is 0 Å². The molecule has 0 spiro atoms. The molecule has 138 valence electrons. The minimum absolute atomic E-state index is 0.0148. The Morgan fingerprint density at radius 1 is 1.04 bits per heavy atom. The van der Waals surface area contributed by atoms with E-state index in [1.165, 1.54) is 0 Å². The van der Waals surface area contributed by atoms with Crippen molar-refractivity contribution in [1.29, 1.82) is 0 Å². The van der Waals surface area contributed by atoms with Gasteiger partial charge in [-0.1, -0.05) is 20.8 Å². The molecule has 0 aromatic rings. The fourth-order valence-electron chi connectivity index (χ4n) is 1.86. The third-order valence-corrected chi connectivity index (χ3v) is 10.1. The predicted molar refractivity (Wildman–Crippen MR) is 90.8 cm³/mol. The summed E-state index contributed by atoms with van der Waals surface area (Å²) in [7, 11) is -9.62. The molecule has 0 radical (unpaired) electrons. The first-order chi connectivity index (χ1) is 9.98. The van der Waals surface area contributed by atoms with Crippen LogP contribution in [-0.4, -0.2) is 56.0 Å². The average molecular weight is 389 g/mol. The lowest BCUT2D eigenvalue weighted by atomic mass is 10.2. The van der Waals surface area contributed by atoms with E-state index in [2.05, 4.69) is 20.8 Å². The molecule has 1 aliphatic carbocycles. The Bertz CT molecular complexity index is 628. The number of hydrogen-bond donors (Lipinski definition) is 0. The normalized spacial score (nSPS) is 20.3. The Labute approximate surface area is 141 Å². The van der Waals surface area contributed by atoms with Gasteiger partial charge in [0.2, 0.25) is 0 Å². The van der Waals surface area contributed by atoms with Gasteiger partial charge in [-0.05, 0) is 31.0 Å². The first kappa shape index (κ1) is 21.0. The minimum atomic E-state index is -3.76. The number of rotatable bonds is 8. The summed E-state index contributed by atoms with van der Waals surface area (Å²) in [5, 5.41) is -0.0585. The molecule has 1 saturated carbocycles. The largest absolute Gasteiger partial charge is 0.414 e. The minimum Gasteiger partial charge on any atom is -0.414 e. The van der Waals surface area contributed by atoms with E-state index >= 15 is 0 Å². The maximum Gasteiger partial charge on any atom is 0.265 e. The molecular formula is C13H28O7S2Si. The van der Waals surface area contributed by atoms with Gasteiger partial charge < -0.3 is 4.43 Å². The Hall–Kier alpha value is -0.00312. The van der Waals surface area contributed by atoms with Crippen molar-refractivity contribution in [3.63, 3.8) is 0 Å². The van der Waals surface area contributed by atoms with Gasteiger partial charge in [-0.15, -0.1) is 0 Å². The lowest BCUT2D eigenvalue weighted by molar-refractivity contribution is 0.0113. The smallest absolute Gasteiger partial charge is 0.265 e. The summed E-state index contributed by atoms with van der Waals surface area (Å²) in [4.78, 5) is 0. The monoisotopic (exact) mass is 388 g/mol. The molecule has 0 bridgehead atoms. The third-order valence-electron chi connectivity index (χ3n) is 4.34. The molecule has 1 rings (SSSR count). The van der Waals surface area contributed by atoms with Crippen molar-refractivity contribution < 1.29 is 29.6 Å². The first-order valence-corrected chi connectivity index (χ1v) is 13.9. The first-order valence-electron chi connectivity index (χ1n) is 7.40. The molecule has 0 amide bonds. The van der Waals surface area contributed by atoms with Gasteiger partial charge >= 0.3 is 0 Å². The zero-order chi connectivity index (χ0) is 18.3. The van der Waals surface area contributed by atoms with E-state index in [0.717, 1.165) is 12.5 Å². The van der Waals surface area contributed by atoms with Crippen molar-refractivity contribution in [2.75, 3.05) is 19.1 Å². The maximum atomic E-state index is 11.5. The molecule has 7 nitrogen and oxygen atoms in total. The molecule has 1 aliphatic rings. The Balaban J connectivity index is 2.96. The van der Waals surface area contributed by atoms with E-state index in [0.29, 0.717) is 12.8 Å². The highest BCUT2D eigenvalue weighted by Crippen LogP contribution is 2.46. The quantitative estimate of drug-likeness (QED) is 0.462. The van der Waals surface area contributed by atoms with E-state index in [9.17, 15) is 16.8 Å². The predicted octanol–water partition coefficient (Wildman–Crippen LogP) is 1.86. The molecule has 0 N–H and O–H groups in total. The van der Waals surface area contributed by atoms with Gasteiger partial charge in [-0.3, -0.25) is 8.37 Å². The van der Waals surface area contributed by atoms with Crippen LogP contribution < -0.4 is 0 Å². The highest BCUT2D eigenvalue weighted by atomic mass is 32.2. The summed E-state index contributed by atoms with van der Waals surface area (Å²) in [5.41, 5.74) is -1.14. The van der Waals surface area contributed by atoms with Gasteiger partial charge in [0.05, 0.1) is 19.1 Å². The van der Waals surface area contributed by atoms with Crippen LogP contribution in [0.2, 0.25) is 18.1 Å². The molecule has 0 aromatic heterocycles. The number of hydrogen-bond acceptors (Lipinski definition) is 7. The molecule has 10 heteroatoms. The second-order valence-electron chi connectivity index (χ2n) is 7.71. The van der Waals surface area contributed by atoms with Crippen molar-refractivity contribution in [2.45, 2.75) is 63.5 Å². The molecule has 0 unspecified atom stereocenters. The lowest BCUT2D eigenvalue weighted by Crippen LogP contribution is -2.47. The van der Waals surface area contributed by atoms with Gasteiger partial charge in [0.25, 0.3) is 20.2 Å². The Kier molecular flexibility index (Phi) is 5.83. The van der Waals surface area contributed by atoms with Crippen LogP contribution in [0.4, 0.5) is 0 Å². The van der Waals surface area contributed by atoms with E-state index < -0.39 is 40.3 Å². The zero-order valence-electron chi connectivity index (χ0n) is 14.9. The van der Waals surface area contributed by atoms with Crippen molar-refractivity contribution in [3.8, 4) is 0 Å². The topological polar surface area (TPSA) is 96.0 Å². The van der Waals surface area contributed by atoms with Crippen LogP contribution in [-0.2, 0) is 33.0 Å². The van der Waals surface area contributed by atoms with E-state index in [1.807, 2.05) is 13.1 Å². The van der Waals surface area contributed by atoms with Gasteiger partial charge in [0.15, 0.2) is 8.32 Å². The molecule has 23 heavy (non-hydrogen) atoms. The van der Waals surface area contributed by atoms with Crippen LogP contribution in [0.3, 0.4) is 0 Å². The summed E-state index contributed by atoms with van der Waals surface area (Å²) >= 11 is 0. The second-order valence-corrected chi connectivity index (χ2v) is 15.7. The Morgan fingerprint density at radius 3 is 1.83 bits per heavy atom. The molecule has 0 heterocycles. The van der Waals surface area contributed by atoms with Crippen LogP contribution in [0.15, 0.2) is 0 Å². The van der Waals surface area contributed by atoms with Gasteiger partial charge in [0, 0.05) is 0 Å². The molecule has 1 fully saturated rings. The Morgan fingerprint density at radius 2 is 1.52 bits per heavy atom. The highest BCUT2D eigenvalue weighted by molar-refractivity contribution is 7.86. The van der Waals surface area contributed by atoms with Crippen molar-refractivity contribution >= 4 is 28.6 Å². The summed E-state index contributed by atoms with van der Waals surface area (Å²) in [6.45, 7) is 10.2. The van der Waals surface area contributed by atoms with Crippen LogP contribution in [0.25, 0.3) is 0 Å². The fraction of sp³-hybridized carbons (Fsp3) is 1.00. The van der Waals surface area contributed by atoms with Crippen LogP contribution in [0.5, 0.6) is 0 Å². The van der Waals surface area contributed by atoms with Crippen molar-refractivity contribution in [1.82, 2.24) is 0 Å². The van der Waals surface area contributed by atoms with Gasteiger partial charge in [0.1, 0.15) is 11.7 Å². The highest BCUT2D eigenvalue weighted by Gasteiger charge is 2.56.